The van der Waals surface area contributed by atoms with E-state index >= 15 is 0 Å². The molecule has 0 aliphatic rings. The van der Waals surface area contributed by atoms with Gasteiger partial charge in [-0.05, 0) is 65.0 Å². The fourth-order valence-corrected chi connectivity index (χ4v) is 3.63. The van der Waals surface area contributed by atoms with Gasteiger partial charge in [0.2, 0.25) is 0 Å². The summed E-state index contributed by atoms with van der Waals surface area (Å²) in [5.41, 5.74) is 1.92. The molecule has 1 amide bonds. The number of nitrogens with zero attached hydrogens (tertiary/aromatic N) is 4. The van der Waals surface area contributed by atoms with E-state index in [0.717, 1.165) is 10.9 Å². The van der Waals surface area contributed by atoms with Crippen molar-refractivity contribution >= 4 is 39.7 Å². The largest absolute Gasteiger partial charge is 0.495 e. The van der Waals surface area contributed by atoms with E-state index in [0.29, 0.717) is 39.2 Å². The quantitative estimate of drug-likeness (QED) is 0.410. The Bertz CT molecular complexity index is 1450. The second kappa shape index (κ2) is 8.16. The summed E-state index contributed by atoms with van der Waals surface area (Å²) in [4.78, 5) is 13.1. The van der Waals surface area contributed by atoms with Crippen molar-refractivity contribution in [2.75, 3.05) is 12.4 Å². The van der Waals surface area contributed by atoms with Crippen LogP contribution in [0, 0.1) is 0 Å². The first-order valence-electron chi connectivity index (χ1n) is 9.65. The van der Waals surface area contributed by atoms with E-state index in [1.54, 1.807) is 24.3 Å². The van der Waals surface area contributed by atoms with E-state index in [4.69, 9.17) is 21.1 Å². The van der Waals surface area contributed by atoms with Crippen LogP contribution in [-0.2, 0) is 0 Å². The number of tetrazole rings is 1. The molecule has 32 heavy (non-hydrogen) atoms. The van der Waals surface area contributed by atoms with Crippen LogP contribution in [0.15, 0.2) is 72.8 Å². The number of benzene rings is 3. The van der Waals surface area contributed by atoms with Crippen molar-refractivity contribution < 1.29 is 14.3 Å². The molecule has 0 fully saturated rings. The zero-order valence-electron chi connectivity index (χ0n) is 16.8. The summed E-state index contributed by atoms with van der Waals surface area (Å²) < 4.78 is 12.6. The first-order valence-corrected chi connectivity index (χ1v) is 10.0. The molecule has 0 atom stereocenters. The lowest BCUT2D eigenvalue weighted by Crippen LogP contribution is -2.14. The Morgan fingerprint density at radius 2 is 1.84 bits per heavy atom. The summed E-state index contributed by atoms with van der Waals surface area (Å²) in [6, 6.07) is 21.7. The Hall–Kier alpha value is -4.17. The van der Waals surface area contributed by atoms with Crippen LogP contribution in [-0.4, -0.2) is 33.1 Å². The predicted octanol–water partition coefficient (Wildman–Crippen LogP) is 4.98. The average Bonchev–Trinajstić information content (AvgIpc) is 3.29. The number of fused-ring (bicyclic) bond motifs is 3. The highest BCUT2D eigenvalue weighted by Crippen LogP contribution is 2.29. The van der Waals surface area contributed by atoms with Gasteiger partial charge in [-0.25, -0.2) is 0 Å². The Morgan fingerprint density at radius 1 is 1.00 bits per heavy atom. The molecule has 0 aliphatic carbocycles. The highest BCUT2D eigenvalue weighted by molar-refractivity contribution is 6.32. The molecular weight excluding hydrogens is 430 g/mol. The summed E-state index contributed by atoms with van der Waals surface area (Å²) in [6.45, 7) is 0. The Morgan fingerprint density at radius 3 is 2.62 bits per heavy atom. The molecule has 9 heteroatoms. The minimum Gasteiger partial charge on any atom is -0.495 e. The minimum absolute atomic E-state index is 0.311. The van der Waals surface area contributed by atoms with E-state index in [1.165, 1.54) is 11.6 Å². The van der Waals surface area contributed by atoms with E-state index in [1.807, 2.05) is 48.5 Å². The topological polar surface area (TPSA) is 90.6 Å². The van der Waals surface area contributed by atoms with Crippen molar-refractivity contribution in [1.82, 2.24) is 20.0 Å². The molecule has 2 heterocycles. The van der Waals surface area contributed by atoms with Gasteiger partial charge in [0.05, 0.1) is 23.2 Å². The fourth-order valence-electron chi connectivity index (χ4n) is 3.38. The number of pyridine rings is 1. The number of ether oxygens (including phenoxy) is 2. The Kier molecular flexibility index (Phi) is 5.04. The number of amides is 1. The summed E-state index contributed by atoms with van der Waals surface area (Å²) in [7, 11) is 1.53. The molecule has 2 aromatic heterocycles. The third-order valence-electron chi connectivity index (χ3n) is 4.87. The molecule has 0 radical (unpaired) electrons. The molecule has 158 valence electrons. The molecule has 3 aromatic carbocycles. The van der Waals surface area contributed by atoms with Gasteiger partial charge in [-0.1, -0.05) is 29.8 Å². The van der Waals surface area contributed by atoms with Gasteiger partial charge in [0.25, 0.3) is 5.91 Å². The van der Waals surface area contributed by atoms with Crippen molar-refractivity contribution in [2.45, 2.75) is 0 Å². The van der Waals surface area contributed by atoms with Gasteiger partial charge < -0.3 is 14.8 Å². The maximum Gasteiger partial charge on any atom is 0.259 e. The highest BCUT2D eigenvalue weighted by Gasteiger charge is 2.17. The standard InChI is InChI=1S/C23H16ClN5O3/c1-31-21-10-7-15(13-19(21)24)25-23(30)18-12-14-11-17(32-16-5-3-2-4-6-16)8-9-20(14)29-22(18)26-27-28-29/h2-13H,1H3,(H,25,30). The first kappa shape index (κ1) is 19.8. The number of carbonyl (C=O) groups is 1. The second-order valence-corrected chi connectivity index (χ2v) is 7.32. The lowest BCUT2D eigenvalue weighted by molar-refractivity contribution is 0.102. The molecule has 0 saturated carbocycles. The number of methoxy groups -OCH3 is 1. The summed E-state index contributed by atoms with van der Waals surface area (Å²) in [5, 5.41) is 15.8. The molecule has 0 aliphatic heterocycles. The normalized spacial score (nSPS) is 10.9. The summed E-state index contributed by atoms with van der Waals surface area (Å²) in [5.74, 6) is 1.49. The van der Waals surface area contributed by atoms with Crippen LogP contribution in [0.5, 0.6) is 17.2 Å². The van der Waals surface area contributed by atoms with Gasteiger partial charge in [0, 0.05) is 11.1 Å². The number of para-hydroxylation sites is 1. The smallest absolute Gasteiger partial charge is 0.259 e. The monoisotopic (exact) mass is 445 g/mol. The summed E-state index contributed by atoms with van der Waals surface area (Å²) in [6.07, 6.45) is 0. The van der Waals surface area contributed by atoms with Crippen LogP contribution in [0.2, 0.25) is 5.02 Å². The molecule has 8 nitrogen and oxygen atoms in total. The van der Waals surface area contributed by atoms with Gasteiger partial charge in [-0.2, -0.15) is 4.52 Å². The van der Waals surface area contributed by atoms with Crippen LogP contribution in [0.4, 0.5) is 5.69 Å². The summed E-state index contributed by atoms with van der Waals surface area (Å²) >= 11 is 6.17. The number of anilines is 1. The number of halogens is 1. The third kappa shape index (κ3) is 3.67. The van der Waals surface area contributed by atoms with Crippen LogP contribution in [0.25, 0.3) is 16.6 Å². The Labute approximate surface area is 187 Å². The second-order valence-electron chi connectivity index (χ2n) is 6.91. The molecule has 0 bridgehead atoms. The van der Waals surface area contributed by atoms with Gasteiger partial charge in [-0.15, -0.1) is 5.10 Å². The van der Waals surface area contributed by atoms with Gasteiger partial charge >= 0.3 is 0 Å². The number of rotatable bonds is 5. The van der Waals surface area contributed by atoms with Crippen LogP contribution >= 0.6 is 11.6 Å². The zero-order chi connectivity index (χ0) is 22.1. The van der Waals surface area contributed by atoms with Crippen LogP contribution in [0.3, 0.4) is 0 Å². The predicted molar refractivity (Wildman–Crippen MR) is 121 cm³/mol. The van der Waals surface area contributed by atoms with E-state index in [2.05, 4.69) is 20.8 Å². The zero-order valence-corrected chi connectivity index (χ0v) is 17.6. The number of nitrogens with one attached hydrogen (secondary N) is 1. The van der Waals surface area contributed by atoms with Crippen LogP contribution < -0.4 is 14.8 Å². The van der Waals surface area contributed by atoms with E-state index in [9.17, 15) is 4.79 Å². The van der Waals surface area contributed by atoms with E-state index in [-0.39, 0.29) is 5.91 Å². The SMILES string of the molecule is COc1ccc(NC(=O)c2cc3cc(Oc4ccccc4)ccc3n3nnnc23)cc1Cl. The van der Waals surface area contributed by atoms with E-state index < -0.39 is 0 Å². The molecule has 0 saturated heterocycles. The van der Waals surface area contributed by atoms with Crippen molar-refractivity contribution in [1.29, 1.82) is 0 Å². The highest BCUT2D eigenvalue weighted by atomic mass is 35.5. The van der Waals surface area contributed by atoms with Crippen molar-refractivity contribution in [3.8, 4) is 17.2 Å². The van der Waals surface area contributed by atoms with Gasteiger partial charge in [-0.3, -0.25) is 4.79 Å². The number of hydrogen-bond acceptors (Lipinski definition) is 6. The third-order valence-corrected chi connectivity index (χ3v) is 5.17. The molecule has 1 N–H and O–H groups in total. The van der Waals surface area contributed by atoms with Crippen molar-refractivity contribution in [2.24, 2.45) is 0 Å². The van der Waals surface area contributed by atoms with Crippen molar-refractivity contribution in [3.63, 3.8) is 0 Å². The first-order chi connectivity index (χ1) is 15.6. The molecule has 5 aromatic rings. The van der Waals surface area contributed by atoms with Gasteiger partial charge in [0.1, 0.15) is 17.2 Å². The molecule has 0 unspecified atom stereocenters. The maximum atomic E-state index is 13.1. The fraction of sp³-hybridized carbons (Fsp3) is 0.0435. The number of carbonyl (C=O) groups excluding carboxylic acids is 1. The molecule has 0 spiro atoms. The Balaban J connectivity index is 1.53. The lowest BCUT2D eigenvalue weighted by Gasteiger charge is -2.11. The molecular formula is C23H16ClN5O3. The maximum absolute atomic E-state index is 13.1. The van der Waals surface area contributed by atoms with Crippen molar-refractivity contribution in [3.05, 3.63) is 83.4 Å². The minimum atomic E-state index is -0.373. The lowest BCUT2D eigenvalue weighted by atomic mass is 10.1. The molecule has 5 rings (SSSR count). The number of aromatic nitrogens is 4. The average molecular weight is 446 g/mol. The number of hydrogen-bond donors (Lipinski definition) is 1. The van der Waals surface area contributed by atoms with Crippen LogP contribution in [0.1, 0.15) is 10.4 Å². The van der Waals surface area contributed by atoms with Gasteiger partial charge in [0.15, 0.2) is 5.65 Å².